The summed E-state index contributed by atoms with van der Waals surface area (Å²) in [5, 5.41) is 0. The molecular weight excluding hydrogens is 210 g/mol. The second-order valence-corrected chi connectivity index (χ2v) is 2.89. The third-order valence-corrected chi connectivity index (χ3v) is 1.75. The van der Waals surface area contributed by atoms with Crippen LogP contribution in [0.4, 0.5) is 4.79 Å². The summed E-state index contributed by atoms with van der Waals surface area (Å²) in [7, 11) is 0. The van der Waals surface area contributed by atoms with Crippen LogP contribution >= 0.6 is 11.6 Å². The van der Waals surface area contributed by atoms with Gasteiger partial charge in [-0.25, -0.2) is 4.79 Å². The second kappa shape index (κ2) is 7.44. The maximum atomic E-state index is 10.8. The Hall–Kier alpha value is -0.970. The standard InChI is InChI=1S/C8H14ClNO4/c1-2-13-8(12)14-6(5-9)3-4-7(10)11/h6H,2-5H2,1H3,(H2,10,11). The smallest absolute Gasteiger partial charge is 0.435 e. The molecule has 0 aromatic heterocycles. The number of carbonyl (C=O) groups is 2. The van der Waals surface area contributed by atoms with Crippen LogP contribution in [0.3, 0.4) is 0 Å². The first-order chi connectivity index (χ1) is 6.60. The number of alkyl halides is 1. The molecule has 0 bridgehead atoms. The first-order valence-electron chi connectivity index (χ1n) is 4.27. The lowest BCUT2D eigenvalue weighted by Gasteiger charge is -2.13. The zero-order valence-electron chi connectivity index (χ0n) is 7.99. The molecule has 0 heterocycles. The van der Waals surface area contributed by atoms with Gasteiger partial charge in [0, 0.05) is 6.42 Å². The van der Waals surface area contributed by atoms with Crippen molar-refractivity contribution in [2.75, 3.05) is 12.5 Å². The lowest BCUT2D eigenvalue weighted by molar-refractivity contribution is -0.118. The second-order valence-electron chi connectivity index (χ2n) is 2.58. The molecule has 0 radical (unpaired) electrons. The lowest BCUT2D eigenvalue weighted by Crippen LogP contribution is -2.23. The molecule has 2 N–H and O–H groups in total. The number of hydrogen-bond acceptors (Lipinski definition) is 4. The minimum Gasteiger partial charge on any atom is -0.435 e. The monoisotopic (exact) mass is 223 g/mol. The number of ether oxygens (including phenoxy) is 2. The summed E-state index contributed by atoms with van der Waals surface area (Å²) in [4.78, 5) is 21.3. The minimum atomic E-state index is -0.775. The Bertz CT molecular complexity index is 198. The van der Waals surface area contributed by atoms with Gasteiger partial charge < -0.3 is 15.2 Å². The van der Waals surface area contributed by atoms with Gasteiger partial charge in [-0.05, 0) is 13.3 Å². The Morgan fingerprint density at radius 1 is 1.50 bits per heavy atom. The molecule has 0 saturated heterocycles. The van der Waals surface area contributed by atoms with Gasteiger partial charge in [0.25, 0.3) is 0 Å². The number of rotatable bonds is 6. The Morgan fingerprint density at radius 2 is 2.14 bits per heavy atom. The van der Waals surface area contributed by atoms with E-state index in [4.69, 9.17) is 22.1 Å². The van der Waals surface area contributed by atoms with E-state index in [-0.39, 0.29) is 18.9 Å². The van der Waals surface area contributed by atoms with E-state index in [9.17, 15) is 9.59 Å². The topological polar surface area (TPSA) is 78.6 Å². The zero-order chi connectivity index (χ0) is 11.0. The molecule has 0 fully saturated rings. The average molecular weight is 224 g/mol. The van der Waals surface area contributed by atoms with Gasteiger partial charge in [0.1, 0.15) is 6.10 Å². The maximum Gasteiger partial charge on any atom is 0.508 e. The van der Waals surface area contributed by atoms with Gasteiger partial charge in [0.05, 0.1) is 12.5 Å². The molecule has 0 aromatic carbocycles. The molecule has 0 aliphatic rings. The van der Waals surface area contributed by atoms with Gasteiger partial charge >= 0.3 is 6.16 Å². The summed E-state index contributed by atoms with van der Waals surface area (Å²) in [6, 6.07) is 0. The number of carbonyl (C=O) groups excluding carboxylic acids is 2. The summed E-state index contributed by atoms with van der Waals surface area (Å²) in [6.07, 6.45) is -0.847. The van der Waals surface area contributed by atoms with Crippen molar-refractivity contribution in [1.82, 2.24) is 0 Å². The van der Waals surface area contributed by atoms with E-state index < -0.39 is 18.2 Å². The van der Waals surface area contributed by atoms with Gasteiger partial charge in [-0.3, -0.25) is 4.79 Å². The zero-order valence-corrected chi connectivity index (χ0v) is 8.75. The Balaban J connectivity index is 3.78. The van der Waals surface area contributed by atoms with Crippen LogP contribution in [0.1, 0.15) is 19.8 Å². The van der Waals surface area contributed by atoms with Crippen LogP contribution in [0.25, 0.3) is 0 Å². The number of hydrogen-bond donors (Lipinski definition) is 1. The third kappa shape index (κ3) is 6.54. The molecular formula is C8H14ClNO4. The van der Waals surface area contributed by atoms with Crippen molar-refractivity contribution in [2.24, 2.45) is 5.73 Å². The SMILES string of the molecule is CCOC(=O)OC(CCl)CCC(N)=O. The highest BCUT2D eigenvalue weighted by atomic mass is 35.5. The normalized spacial score (nSPS) is 11.9. The highest BCUT2D eigenvalue weighted by Gasteiger charge is 2.14. The number of amides is 1. The van der Waals surface area contributed by atoms with Gasteiger partial charge in [-0.15, -0.1) is 11.6 Å². The molecule has 14 heavy (non-hydrogen) atoms. The number of primary amides is 1. The van der Waals surface area contributed by atoms with Crippen LogP contribution in [-0.2, 0) is 14.3 Å². The van der Waals surface area contributed by atoms with Crippen molar-refractivity contribution in [3.8, 4) is 0 Å². The van der Waals surface area contributed by atoms with Gasteiger partial charge in [0.15, 0.2) is 0 Å². The predicted molar refractivity (Wildman–Crippen MR) is 51.0 cm³/mol. The molecule has 5 nitrogen and oxygen atoms in total. The summed E-state index contributed by atoms with van der Waals surface area (Å²) >= 11 is 5.51. The van der Waals surface area contributed by atoms with Gasteiger partial charge in [-0.1, -0.05) is 0 Å². The highest BCUT2D eigenvalue weighted by molar-refractivity contribution is 6.18. The van der Waals surface area contributed by atoms with Crippen LogP contribution in [0.2, 0.25) is 0 Å². The molecule has 1 atom stereocenters. The van der Waals surface area contributed by atoms with Crippen molar-refractivity contribution in [3.63, 3.8) is 0 Å². The maximum absolute atomic E-state index is 10.8. The van der Waals surface area contributed by atoms with Crippen LogP contribution in [0.15, 0.2) is 0 Å². The van der Waals surface area contributed by atoms with Crippen molar-refractivity contribution >= 4 is 23.7 Å². The highest BCUT2D eigenvalue weighted by Crippen LogP contribution is 2.05. The van der Waals surface area contributed by atoms with E-state index in [1.807, 2.05) is 0 Å². The first kappa shape index (κ1) is 13.0. The molecule has 0 aliphatic heterocycles. The fourth-order valence-corrected chi connectivity index (χ4v) is 0.976. The van der Waals surface area contributed by atoms with Crippen LogP contribution < -0.4 is 5.73 Å². The number of nitrogens with two attached hydrogens (primary N) is 1. The van der Waals surface area contributed by atoms with E-state index in [0.717, 1.165) is 0 Å². The molecule has 0 aliphatic carbocycles. The molecule has 0 aromatic rings. The Morgan fingerprint density at radius 3 is 2.57 bits per heavy atom. The van der Waals surface area contributed by atoms with E-state index >= 15 is 0 Å². The predicted octanol–water partition coefficient (Wildman–Crippen LogP) is 1.03. The van der Waals surface area contributed by atoms with Crippen LogP contribution in [0, 0.1) is 0 Å². The van der Waals surface area contributed by atoms with Crippen molar-refractivity contribution in [3.05, 3.63) is 0 Å². The summed E-state index contributed by atoms with van der Waals surface area (Å²) in [6.45, 7) is 1.91. The molecule has 0 spiro atoms. The molecule has 1 amide bonds. The van der Waals surface area contributed by atoms with E-state index in [1.165, 1.54) is 0 Å². The van der Waals surface area contributed by atoms with E-state index in [1.54, 1.807) is 6.92 Å². The Kier molecular flexibility index (Phi) is 6.92. The van der Waals surface area contributed by atoms with Gasteiger partial charge in [-0.2, -0.15) is 0 Å². The average Bonchev–Trinajstić information content (AvgIpc) is 2.12. The lowest BCUT2D eigenvalue weighted by atomic mass is 10.2. The molecule has 6 heteroatoms. The summed E-state index contributed by atoms with van der Waals surface area (Å²) in [5.41, 5.74) is 4.93. The number of halogens is 1. The van der Waals surface area contributed by atoms with Gasteiger partial charge in [0.2, 0.25) is 5.91 Å². The first-order valence-corrected chi connectivity index (χ1v) is 4.81. The van der Waals surface area contributed by atoms with E-state index in [2.05, 4.69) is 4.74 Å². The fourth-order valence-electron chi connectivity index (χ4n) is 0.759. The fraction of sp³-hybridized carbons (Fsp3) is 0.750. The van der Waals surface area contributed by atoms with Crippen molar-refractivity contribution in [2.45, 2.75) is 25.9 Å². The van der Waals surface area contributed by atoms with Crippen molar-refractivity contribution < 1.29 is 19.1 Å². The minimum absolute atomic E-state index is 0.117. The third-order valence-electron chi connectivity index (χ3n) is 1.41. The summed E-state index contributed by atoms with van der Waals surface area (Å²) < 4.78 is 9.33. The molecule has 0 rings (SSSR count). The molecule has 1 unspecified atom stereocenters. The summed E-state index contributed by atoms with van der Waals surface area (Å²) in [5.74, 6) is -0.334. The largest absolute Gasteiger partial charge is 0.508 e. The molecule has 0 saturated carbocycles. The quantitative estimate of drug-likeness (QED) is 0.539. The Labute approximate surface area is 87.5 Å². The van der Waals surface area contributed by atoms with E-state index in [0.29, 0.717) is 6.42 Å². The molecule has 82 valence electrons. The van der Waals surface area contributed by atoms with Crippen LogP contribution in [-0.4, -0.2) is 30.7 Å². The van der Waals surface area contributed by atoms with Crippen molar-refractivity contribution in [1.29, 1.82) is 0 Å². The van der Waals surface area contributed by atoms with Crippen LogP contribution in [0.5, 0.6) is 0 Å².